The normalized spacial score (nSPS) is 13.9. The third-order valence-corrected chi connectivity index (χ3v) is 5.21. The van der Waals surface area contributed by atoms with E-state index in [1.807, 2.05) is 17.0 Å². The number of nitrogens with one attached hydrogen (secondary N) is 1. The summed E-state index contributed by atoms with van der Waals surface area (Å²) >= 11 is 0. The monoisotopic (exact) mass is 398 g/mol. The van der Waals surface area contributed by atoms with Crippen LogP contribution in [0.5, 0.6) is 0 Å². The van der Waals surface area contributed by atoms with Gasteiger partial charge in [-0.15, -0.1) is 0 Å². The molecule has 2 aromatic rings. The maximum atomic E-state index is 13.9. The van der Waals surface area contributed by atoms with Gasteiger partial charge in [-0.05, 0) is 50.2 Å². The molecule has 0 saturated carbocycles. The molecule has 0 radical (unpaired) electrons. The zero-order valence-electron chi connectivity index (χ0n) is 16.9. The van der Waals surface area contributed by atoms with Gasteiger partial charge in [-0.3, -0.25) is 9.59 Å². The molecule has 0 spiro atoms. The molecule has 1 saturated heterocycles. The van der Waals surface area contributed by atoms with Crippen molar-refractivity contribution in [1.29, 1.82) is 0 Å². The van der Waals surface area contributed by atoms with E-state index in [4.69, 9.17) is 0 Å². The molecule has 29 heavy (non-hydrogen) atoms. The van der Waals surface area contributed by atoms with Gasteiger partial charge in [-0.1, -0.05) is 12.1 Å². The Morgan fingerprint density at radius 1 is 0.966 bits per heavy atom. The first-order chi connectivity index (χ1) is 14.0. The molecular formula is C22H27FN4O2. The molecule has 154 valence electrons. The van der Waals surface area contributed by atoms with Gasteiger partial charge in [0.15, 0.2) is 0 Å². The Kier molecular flexibility index (Phi) is 6.69. The Hall–Kier alpha value is -3.09. The van der Waals surface area contributed by atoms with Crippen LogP contribution in [0, 0.1) is 5.82 Å². The highest BCUT2D eigenvalue weighted by atomic mass is 19.1. The lowest BCUT2D eigenvalue weighted by atomic mass is 10.2. The number of carbonyl (C=O) groups excluding carboxylic acids is 2. The highest BCUT2D eigenvalue weighted by Gasteiger charge is 2.27. The molecule has 6 nitrogen and oxygen atoms in total. The second-order valence-electron chi connectivity index (χ2n) is 6.90. The van der Waals surface area contributed by atoms with Crippen LogP contribution in [0.25, 0.3) is 0 Å². The average Bonchev–Trinajstić information content (AvgIpc) is 2.76. The molecule has 0 bridgehead atoms. The van der Waals surface area contributed by atoms with Crippen LogP contribution in [-0.2, 0) is 9.59 Å². The molecule has 0 atom stereocenters. The van der Waals surface area contributed by atoms with Gasteiger partial charge in [-0.25, -0.2) is 4.39 Å². The minimum atomic E-state index is -0.653. The van der Waals surface area contributed by atoms with Crippen LogP contribution >= 0.6 is 0 Å². The second kappa shape index (κ2) is 9.41. The van der Waals surface area contributed by atoms with Gasteiger partial charge in [-0.2, -0.15) is 0 Å². The number of hydrogen-bond donors (Lipinski definition) is 1. The van der Waals surface area contributed by atoms with Crippen LogP contribution in [0.2, 0.25) is 0 Å². The summed E-state index contributed by atoms with van der Waals surface area (Å²) in [6.45, 7) is 7.70. The van der Waals surface area contributed by atoms with Crippen LogP contribution < -0.4 is 15.1 Å². The Morgan fingerprint density at radius 2 is 1.59 bits per heavy atom. The Morgan fingerprint density at radius 3 is 2.17 bits per heavy atom. The fourth-order valence-corrected chi connectivity index (χ4v) is 3.53. The lowest BCUT2D eigenvalue weighted by Crippen LogP contribution is -2.51. The van der Waals surface area contributed by atoms with Crippen LogP contribution in [-0.4, -0.2) is 56.0 Å². The van der Waals surface area contributed by atoms with Gasteiger partial charge in [0.1, 0.15) is 5.82 Å². The van der Waals surface area contributed by atoms with Crippen LogP contribution in [0.4, 0.5) is 21.5 Å². The number of piperazine rings is 1. The Balaban J connectivity index is 1.54. The molecule has 1 N–H and O–H groups in total. The van der Waals surface area contributed by atoms with E-state index in [2.05, 4.69) is 24.1 Å². The molecule has 2 amide bonds. The minimum absolute atomic E-state index is 0.279. The van der Waals surface area contributed by atoms with Gasteiger partial charge in [0.2, 0.25) is 0 Å². The van der Waals surface area contributed by atoms with Gasteiger partial charge in [0, 0.05) is 50.6 Å². The molecule has 1 fully saturated rings. The first-order valence-electron chi connectivity index (χ1n) is 9.98. The van der Waals surface area contributed by atoms with Gasteiger partial charge in [0.25, 0.3) is 0 Å². The number of amides is 2. The van der Waals surface area contributed by atoms with E-state index in [9.17, 15) is 14.0 Å². The van der Waals surface area contributed by atoms with Crippen molar-refractivity contribution in [2.24, 2.45) is 0 Å². The summed E-state index contributed by atoms with van der Waals surface area (Å²) in [5.41, 5.74) is 2.19. The van der Waals surface area contributed by atoms with Gasteiger partial charge < -0.3 is 20.0 Å². The largest absolute Gasteiger partial charge is 0.372 e. The van der Waals surface area contributed by atoms with Crippen molar-refractivity contribution in [3.05, 3.63) is 54.3 Å². The number of para-hydroxylation sites is 1. The summed E-state index contributed by atoms with van der Waals surface area (Å²) < 4.78 is 13.9. The fourth-order valence-electron chi connectivity index (χ4n) is 3.53. The summed E-state index contributed by atoms with van der Waals surface area (Å²) in [6, 6.07) is 14.0. The predicted molar refractivity (Wildman–Crippen MR) is 114 cm³/mol. The molecule has 7 heteroatoms. The van der Waals surface area contributed by atoms with E-state index in [0.29, 0.717) is 37.6 Å². The van der Waals surface area contributed by atoms with E-state index >= 15 is 0 Å². The maximum Gasteiger partial charge on any atom is 0.313 e. The van der Waals surface area contributed by atoms with Crippen molar-refractivity contribution in [3.8, 4) is 0 Å². The van der Waals surface area contributed by atoms with Crippen molar-refractivity contribution in [3.63, 3.8) is 0 Å². The summed E-state index contributed by atoms with van der Waals surface area (Å²) in [5.74, 6) is -1.50. The highest BCUT2D eigenvalue weighted by Crippen LogP contribution is 2.21. The first-order valence-corrected chi connectivity index (χ1v) is 9.98. The molecule has 1 aliphatic heterocycles. The van der Waals surface area contributed by atoms with Crippen molar-refractivity contribution < 1.29 is 14.0 Å². The van der Waals surface area contributed by atoms with Crippen molar-refractivity contribution in [2.75, 3.05) is 54.4 Å². The number of rotatable bonds is 5. The van der Waals surface area contributed by atoms with Crippen molar-refractivity contribution >= 4 is 28.9 Å². The quantitative estimate of drug-likeness (QED) is 0.787. The maximum absolute atomic E-state index is 13.9. The lowest BCUT2D eigenvalue weighted by Gasteiger charge is -2.35. The van der Waals surface area contributed by atoms with E-state index in [-0.39, 0.29) is 5.82 Å². The number of carbonyl (C=O) groups is 2. The van der Waals surface area contributed by atoms with E-state index < -0.39 is 11.8 Å². The summed E-state index contributed by atoms with van der Waals surface area (Å²) in [5, 5.41) is 2.67. The molecule has 2 aromatic carbocycles. The Bertz CT molecular complexity index is 844. The number of nitrogens with zero attached hydrogens (tertiary/aromatic N) is 3. The number of hydrogen-bond acceptors (Lipinski definition) is 4. The van der Waals surface area contributed by atoms with E-state index in [1.54, 1.807) is 30.3 Å². The predicted octanol–water partition coefficient (Wildman–Crippen LogP) is 2.96. The zero-order valence-corrected chi connectivity index (χ0v) is 16.9. The van der Waals surface area contributed by atoms with E-state index in [0.717, 1.165) is 18.8 Å². The van der Waals surface area contributed by atoms with Crippen LogP contribution in [0.1, 0.15) is 13.8 Å². The molecule has 3 rings (SSSR count). The highest BCUT2D eigenvalue weighted by molar-refractivity contribution is 6.39. The van der Waals surface area contributed by atoms with Crippen LogP contribution in [0.15, 0.2) is 48.5 Å². The minimum Gasteiger partial charge on any atom is -0.372 e. The molecule has 0 unspecified atom stereocenters. The molecular weight excluding hydrogens is 371 g/mol. The number of anilines is 3. The zero-order chi connectivity index (χ0) is 20.8. The third-order valence-electron chi connectivity index (χ3n) is 5.21. The van der Waals surface area contributed by atoms with Gasteiger partial charge in [0.05, 0.1) is 5.69 Å². The molecule has 0 aromatic heterocycles. The summed E-state index contributed by atoms with van der Waals surface area (Å²) in [6.07, 6.45) is 0. The molecule has 1 aliphatic rings. The lowest BCUT2D eigenvalue weighted by molar-refractivity contribution is -0.143. The van der Waals surface area contributed by atoms with Gasteiger partial charge >= 0.3 is 11.8 Å². The number of benzene rings is 2. The Labute approximate surface area is 170 Å². The molecule has 0 aliphatic carbocycles. The third kappa shape index (κ3) is 4.85. The standard InChI is InChI=1S/C22H27FN4O2/c1-3-25(4-2)18-11-9-17(10-12-18)24-21(28)22(29)27-15-13-26(14-16-27)20-8-6-5-7-19(20)23/h5-12H,3-4,13-16H2,1-2H3,(H,24,28). The van der Waals surface area contributed by atoms with E-state index in [1.165, 1.54) is 11.0 Å². The average molecular weight is 398 g/mol. The fraction of sp³-hybridized carbons (Fsp3) is 0.364. The van der Waals surface area contributed by atoms with Crippen molar-refractivity contribution in [2.45, 2.75) is 13.8 Å². The summed E-state index contributed by atoms with van der Waals surface area (Å²) in [7, 11) is 0. The smallest absolute Gasteiger partial charge is 0.313 e. The topological polar surface area (TPSA) is 55.9 Å². The first kappa shape index (κ1) is 20.6. The molecule has 1 heterocycles. The second-order valence-corrected chi connectivity index (χ2v) is 6.90. The van der Waals surface area contributed by atoms with Crippen LogP contribution in [0.3, 0.4) is 0 Å². The SMILES string of the molecule is CCN(CC)c1ccc(NC(=O)C(=O)N2CCN(c3ccccc3F)CC2)cc1. The van der Waals surface area contributed by atoms with Crippen molar-refractivity contribution in [1.82, 2.24) is 4.90 Å². The summed E-state index contributed by atoms with van der Waals surface area (Å²) in [4.78, 5) is 30.5. The number of halogens is 1.